The summed E-state index contributed by atoms with van der Waals surface area (Å²) >= 11 is 0. The van der Waals surface area contributed by atoms with Crippen LogP contribution in [0.2, 0.25) is 0 Å². The third-order valence-electron chi connectivity index (χ3n) is 2.86. The van der Waals surface area contributed by atoms with E-state index in [1.165, 1.54) is 16.5 Å². The van der Waals surface area contributed by atoms with Crippen molar-refractivity contribution in [2.24, 2.45) is 4.99 Å². The summed E-state index contributed by atoms with van der Waals surface area (Å²) < 4.78 is 0. The van der Waals surface area contributed by atoms with Gasteiger partial charge in [-0.05, 0) is 24.6 Å². The lowest BCUT2D eigenvalue weighted by molar-refractivity contribution is 0.959. The average molecular weight is 214 g/mol. The number of nitrogens with one attached hydrogen (secondary N) is 3. The van der Waals surface area contributed by atoms with E-state index in [2.05, 4.69) is 45.7 Å². The van der Waals surface area contributed by atoms with Gasteiger partial charge in [-0.25, -0.2) is 0 Å². The fourth-order valence-electron chi connectivity index (χ4n) is 2.02. The summed E-state index contributed by atoms with van der Waals surface area (Å²) in [5.41, 5.74) is 3.53. The first kappa shape index (κ1) is 9.27. The Bertz CT molecular complexity index is 553. The van der Waals surface area contributed by atoms with Crippen LogP contribution in [-0.2, 0) is 0 Å². The minimum Gasteiger partial charge on any atom is -0.361 e. The number of aromatic nitrogens is 1. The van der Waals surface area contributed by atoms with Crippen LogP contribution in [0.4, 0.5) is 5.69 Å². The molecule has 0 aliphatic carbocycles. The molecular weight excluding hydrogens is 200 g/mol. The molecule has 0 spiro atoms. The molecule has 3 rings (SSSR count). The van der Waals surface area contributed by atoms with Crippen LogP contribution in [0.15, 0.2) is 29.4 Å². The van der Waals surface area contributed by atoms with Crippen LogP contribution in [0.3, 0.4) is 0 Å². The second kappa shape index (κ2) is 3.56. The largest absolute Gasteiger partial charge is 0.361 e. The van der Waals surface area contributed by atoms with Crippen molar-refractivity contribution in [3.63, 3.8) is 0 Å². The van der Waals surface area contributed by atoms with E-state index in [1.807, 2.05) is 6.20 Å². The molecule has 3 N–H and O–H groups in total. The zero-order valence-electron chi connectivity index (χ0n) is 9.17. The van der Waals surface area contributed by atoms with Crippen LogP contribution < -0.4 is 10.6 Å². The summed E-state index contributed by atoms with van der Waals surface area (Å²) in [7, 11) is 0. The molecule has 2 heterocycles. The number of aromatic amines is 1. The molecule has 0 saturated carbocycles. The number of fused-ring (bicyclic) bond motifs is 1. The molecule has 0 fully saturated rings. The first-order chi connectivity index (χ1) is 7.84. The maximum Gasteiger partial charge on any atom is 0.195 e. The summed E-state index contributed by atoms with van der Waals surface area (Å²) in [6.07, 6.45) is 1.97. The number of nitrogens with zero attached hydrogens (tertiary/aromatic N) is 1. The molecule has 0 amide bonds. The van der Waals surface area contributed by atoms with Crippen LogP contribution in [0, 0.1) is 6.92 Å². The molecule has 82 valence electrons. The smallest absolute Gasteiger partial charge is 0.195 e. The van der Waals surface area contributed by atoms with E-state index in [9.17, 15) is 0 Å². The van der Waals surface area contributed by atoms with Gasteiger partial charge in [-0.2, -0.15) is 0 Å². The highest BCUT2D eigenvalue weighted by Crippen LogP contribution is 2.25. The van der Waals surface area contributed by atoms with Crippen LogP contribution in [-0.4, -0.2) is 24.0 Å². The third-order valence-corrected chi connectivity index (χ3v) is 2.86. The summed E-state index contributed by atoms with van der Waals surface area (Å²) in [6.45, 7) is 3.88. The molecule has 4 nitrogen and oxygen atoms in total. The quantitative estimate of drug-likeness (QED) is 0.678. The summed E-state index contributed by atoms with van der Waals surface area (Å²) in [6, 6.07) is 6.28. The topological polar surface area (TPSA) is 52.2 Å². The lowest BCUT2D eigenvalue weighted by atomic mass is 10.1. The Hall–Kier alpha value is -1.97. The van der Waals surface area contributed by atoms with Crippen LogP contribution in [0.5, 0.6) is 0 Å². The molecule has 16 heavy (non-hydrogen) atoms. The van der Waals surface area contributed by atoms with Gasteiger partial charge in [0.1, 0.15) is 0 Å². The predicted octanol–water partition coefficient (Wildman–Crippen LogP) is 1.85. The highest BCUT2D eigenvalue weighted by molar-refractivity contribution is 6.03. The number of H-pyrrole nitrogens is 1. The minimum atomic E-state index is 0.852. The molecule has 0 unspecified atom stereocenters. The van der Waals surface area contributed by atoms with Crippen LogP contribution >= 0.6 is 0 Å². The van der Waals surface area contributed by atoms with Crippen LogP contribution in [0.1, 0.15) is 5.56 Å². The molecule has 1 aliphatic rings. The Morgan fingerprint density at radius 2 is 2.25 bits per heavy atom. The zero-order valence-corrected chi connectivity index (χ0v) is 9.17. The molecule has 4 heteroatoms. The number of guanidine groups is 1. The number of aliphatic imine (C=N–C) groups is 1. The van der Waals surface area contributed by atoms with Crippen LogP contribution in [0.25, 0.3) is 10.9 Å². The van der Waals surface area contributed by atoms with Gasteiger partial charge in [0.2, 0.25) is 0 Å². The lowest BCUT2D eigenvalue weighted by Gasteiger charge is -2.08. The second-order valence-electron chi connectivity index (χ2n) is 3.98. The molecule has 1 aromatic carbocycles. The van der Waals surface area contributed by atoms with Gasteiger partial charge in [-0.15, -0.1) is 0 Å². The van der Waals surface area contributed by atoms with E-state index in [4.69, 9.17) is 0 Å². The van der Waals surface area contributed by atoms with Crippen molar-refractivity contribution in [1.29, 1.82) is 0 Å². The van der Waals surface area contributed by atoms with Crippen molar-refractivity contribution in [2.75, 3.05) is 18.4 Å². The monoisotopic (exact) mass is 214 g/mol. The highest BCUT2D eigenvalue weighted by Gasteiger charge is 2.08. The van der Waals surface area contributed by atoms with Crippen molar-refractivity contribution in [3.8, 4) is 0 Å². The number of benzene rings is 1. The Morgan fingerprint density at radius 1 is 1.31 bits per heavy atom. The van der Waals surface area contributed by atoms with E-state index in [0.29, 0.717) is 0 Å². The van der Waals surface area contributed by atoms with E-state index in [0.717, 1.165) is 24.7 Å². The molecule has 0 bridgehead atoms. The summed E-state index contributed by atoms with van der Waals surface area (Å²) in [4.78, 5) is 7.58. The standard InChI is InChI=1S/C12H14N4/c1-8-2-3-10(9-4-5-13-11(8)9)16-12-14-6-7-15-12/h2-5,13H,6-7H2,1H3,(H2,14,15,16). The number of hydrogen-bond acceptors (Lipinski definition) is 3. The van der Waals surface area contributed by atoms with E-state index in [-0.39, 0.29) is 0 Å². The maximum atomic E-state index is 4.33. The number of hydrogen-bond donors (Lipinski definition) is 3. The maximum absolute atomic E-state index is 4.33. The fraction of sp³-hybridized carbons (Fsp3) is 0.250. The van der Waals surface area contributed by atoms with Gasteiger partial charge in [-0.1, -0.05) is 6.07 Å². The van der Waals surface area contributed by atoms with Gasteiger partial charge in [0.25, 0.3) is 0 Å². The molecule has 0 atom stereocenters. The zero-order chi connectivity index (χ0) is 11.0. The molecule has 1 aliphatic heterocycles. The molecule has 1 aromatic heterocycles. The second-order valence-corrected chi connectivity index (χ2v) is 3.98. The van der Waals surface area contributed by atoms with E-state index in [1.54, 1.807) is 0 Å². The summed E-state index contributed by atoms with van der Waals surface area (Å²) in [5, 5.41) is 7.73. The molecule has 0 saturated heterocycles. The normalized spacial score (nSPS) is 14.9. The first-order valence-corrected chi connectivity index (χ1v) is 5.46. The van der Waals surface area contributed by atoms with Gasteiger partial charge < -0.3 is 15.6 Å². The van der Waals surface area contributed by atoms with Crippen molar-refractivity contribution < 1.29 is 0 Å². The van der Waals surface area contributed by atoms with Gasteiger partial charge >= 0.3 is 0 Å². The van der Waals surface area contributed by atoms with Crippen molar-refractivity contribution in [3.05, 3.63) is 30.0 Å². The molecule has 0 radical (unpaired) electrons. The molecule has 2 aromatic rings. The third kappa shape index (κ3) is 1.43. The number of aryl methyl sites for hydroxylation is 1. The van der Waals surface area contributed by atoms with E-state index < -0.39 is 0 Å². The Kier molecular flexibility index (Phi) is 2.06. The van der Waals surface area contributed by atoms with Crippen molar-refractivity contribution in [2.45, 2.75) is 6.92 Å². The number of anilines is 1. The van der Waals surface area contributed by atoms with Gasteiger partial charge in [-0.3, -0.25) is 4.99 Å². The summed E-state index contributed by atoms with van der Waals surface area (Å²) in [5.74, 6) is 0.867. The van der Waals surface area contributed by atoms with Crippen molar-refractivity contribution >= 4 is 22.5 Å². The average Bonchev–Trinajstić information content (AvgIpc) is 2.92. The van der Waals surface area contributed by atoms with E-state index >= 15 is 0 Å². The van der Waals surface area contributed by atoms with Gasteiger partial charge in [0.15, 0.2) is 5.96 Å². The minimum absolute atomic E-state index is 0.852. The van der Waals surface area contributed by atoms with Gasteiger partial charge in [0, 0.05) is 18.1 Å². The Morgan fingerprint density at radius 3 is 3.06 bits per heavy atom. The Labute approximate surface area is 93.8 Å². The lowest BCUT2D eigenvalue weighted by Crippen LogP contribution is -2.26. The molecular formula is C12H14N4. The van der Waals surface area contributed by atoms with Gasteiger partial charge in [0.05, 0.1) is 17.7 Å². The SMILES string of the molecule is Cc1ccc(NC2=NCCN2)c2cc[nH]c12. The van der Waals surface area contributed by atoms with Crippen molar-refractivity contribution in [1.82, 2.24) is 10.3 Å². The number of rotatable bonds is 1. The fourth-order valence-corrected chi connectivity index (χ4v) is 2.02. The Balaban J connectivity index is 2.03. The predicted molar refractivity (Wildman–Crippen MR) is 67.0 cm³/mol. The first-order valence-electron chi connectivity index (χ1n) is 5.46. The highest BCUT2D eigenvalue weighted by atomic mass is 15.2.